The normalized spacial score (nSPS) is 18.0. The topological polar surface area (TPSA) is 71.8 Å². The summed E-state index contributed by atoms with van der Waals surface area (Å²) in [6.07, 6.45) is 1.51. The SMILES string of the molecule is O=C1C[C@H](NCc2ccco2)C(=O)N1c1ccc(OC(F)(F)Cl)cc1. The smallest absolute Gasteiger partial charge is 0.468 e. The van der Waals surface area contributed by atoms with Gasteiger partial charge in [0.25, 0.3) is 5.91 Å². The van der Waals surface area contributed by atoms with Crippen LogP contribution in [0, 0.1) is 0 Å². The van der Waals surface area contributed by atoms with E-state index in [1.807, 2.05) is 0 Å². The molecule has 132 valence electrons. The predicted molar refractivity (Wildman–Crippen MR) is 84.3 cm³/mol. The zero-order valence-electron chi connectivity index (χ0n) is 12.7. The first-order valence-electron chi connectivity index (χ1n) is 7.32. The van der Waals surface area contributed by atoms with Crippen molar-refractivity contribution in [3.8, 4) is 5.75 Å². The molecule has 1 aromatic carbocycles. The van der Waals surface area contributed by atoms with Crippen LogP contribution in [0.5, 0.6) is 5.75 Å². The van der Waals surface area contributed by atoms with E-state index < -0.39 is 23.4 Å². The van der Waals surface area contributed by atoms with Gasteiger partial charge in [0.15, 0.2) is 0 Å². The fraction of sp³-hybridized carbons (Fsp3) is 0.250. The maximum absolute atomic E-state index is 12.6. The maximum Gasteiger partial charge on any atom is 0.487 e. The second kappa shape index (κ2) is 6.81. The molecule has 0 aliphatic carbocycles. The number of rotatable bonds is 6. The molecule has 1 saturated heterocycles. The Kier molecular flexibility index (Phi) is 4.73. The molecule has 1 aliphatic rings. The molecule has 25 heavy (non-hydrogen) atoms. The summed E-state index contributed by atoms with van der Waals surface area (Å²) in [4.78, 5) is 25.6. The minimum atomic E-state index is -3.83. The van der Waals surface area contributed by atoms with Crippen LogP contribution >= 0.6 is 11.6 Å². The summed E-state index contributed by atoms with van der Waals surface area (Å²) < 4.78 is 34.5. The van der Waals surface area contributed by atoms with Gasteiger partial charge < -0.3 is 9.15 Å². The Hall–Kier alpha value is -2.45. The molecular weight excluding hydrogens is 358 g/mol. The third-order valence-corrected chi connectivity index (χ3v) is 3.66. The largest absolute Gasteiger partial charge is 0.487 e. The van der Waals surface area contributed by atoms with Crippen LogP contribution in [-0.2, 0) is 16.1 Å². The summed E-state index contributed by atoms with van der Waals surface area (Å²) in [6.45, 7) is 0.308. The highest BCUT2D eigenvalue weighted by Gasteiger charge is 2.39. The van der Waals surface area contributed by atoms with Gasteiger partial charge in [-0.15, -0.1) is 8.78 Å². The van der Waals surface area contributed by atoms with Crippen molar-refractivity contribution in [3.05, 3.63) is 48.4 Å². The summed E-state index contributed by atoms with van der Waals surface area (Å²) in [6, 6.07) is 7.87. The van der Waals surface area contributed by atoms with Gasteiger partial charge >= 0.3 is 5.57 Å². The van der Waals surface area contributed by atoms with Crippen molar-refractivity contribution in [2.75, 3.05) is 4.90 Å². The Morgan fingerprint density at radius 1 is 1.28 bits per heavy atom. The Balaban J connectivity index is 1.67. The van der Waals surface area contributed by atoms with Crippen LogP contribution in [0.3, 0.4) is 0 Å². The maximum atomic E-state index is 12.6. The number of benzene rings is 1. The van der Waals surface area contributed by atoms with Crippen LogP contribution in [0.25, 0.3) is 0 Å². The lowest BCUT2D eigenvalue weighted by Crippen LogP contribution is -2.38. The van der Waals surface area contributed by atoms with Crippen molar-refractivity contribution in [1.82, 2.24) is 5.32 Å². The molecule has 0 saturated carbocycles. The number of halogens is 3. The number of ether oxygens (including phenoxy) is 1. The minimum Gasteiger partial charge on any atom is -0.468 e. The van der Waals surface area contributed by atoms with Gasteiger partial charge in [0.2, 0.25) is 5.91 Å². The number of hydrogen-bond donors (Lipinski definition) is 1. The van der Waals surface area contributed by atoms with Crippen LogP contribution in [0.4, 0.5) is 14.5 Å². The molecule has 0 unspecified atom stereocenters. The molecular formula is C16H13ClF2N2O4. The van der Waals surface area contributed by atoms with E-state index in [0.717, 1.165) is 4.90 Å². The van der Waals surface area contributed by atoms with Crippen LogP contribution in [-0.4, -0.2) is 23.4 Å². The summed E-state index contributed by atoms with van der Waals surface area (Å²) in [7, 11) is 0. The van der Waals surface area contributed by atoms with Crippen molar-refractivity contribution in [1.29, 1.82) is 0 Å². The molecule has 2 heterocycles. The van der Waals surface area contributed by atoms with Crippen LogP contribution in [0.15, 0.2) is 47.1 Å². The summed E-state index contributed by atoms with van der Waals surface area (Å²) >= 11 is 4.69. The first-order valence-corrected chi connectivity index (χ1v) is 7.70. The number of imide groups is 1. The second-order valence-corrected chi connectivity index (χ2v) is 5.77. The Morgan fingerprint density at radius 2 is 2.00 bits per heavy atom. The van der Waals surface area contributed by atoms with E-state index in [1.54, 1.807) is 12.1 Å². The Bertz CT molecular complexity index is 759. The molecule has 1 aromatic heterocycles. The lowest BCUT2D eigenvalue weighted by atomic mass is 10.2. The quantitative estimate of drug-likeness (QED) is 0.625. The van der Waals surface area contributed by atoms with Gasteiger partial charge in [-0.3, -0.25) is 14.9 Å². The van der Waals surface area contributed by atoms with E-state index in [0.29, 0.717) is 12.3 Å². The van der Waals surface area contributed by atoms with Crippen molar-refractivity contribution in [3.63, 3.8) is 0 Å². The average Bonchev–Trinajstić information content (AvgIpc) is 3.13. The first kappa shape index (κ1) is 17.4. The van der Waals surface area contributed by atoms with E-state index in [4.69, 9.17) is 4.42 Å². The molecule has 0 spiro atoms. The number of nitrogens with zero attached hydrogens (tertiary/aromatic N) is 1. The Morgan fingerprint density at radius 3 is 2.60 bits per heavy atom. The minimum absolute atomic E-state index is 0.00244. The number of furan rings is 1. The van der Waals surface area contributed by atoms with Crippen molar-refractivity contribution in [2.24, 2.45) is 0 Å². The summed E-state index contributed by atoms with van der Waals surface area (Å²) in [5.74, 6) is -0.358. The highest BCUT2D eigenvalue weighted by atomic mass is 35.5. The second-order valence-electron chi connectivity index (χ2n) is 5.33. The highest BCUT2D eigenvalue weighted by molar-refractivity contribution is 6.22. The number of hydrogen-bond acceptors (Lipinski definition) is 5. The monoisotopic (exact) mass is 370 g/mol. The van der Waals surface area contributed by atoms with E-state index >= 15 is 0 Å². The van der Waals surface area contributed by atoms with Gasteiger partial charge in [-0.1, -0.05) is 0 Å². The van der Waals surface area contributed by atoms with E-state index in [9.17, 15) is 18.4 Å². The lowest BCUT2D eigenvalue weighted by molar-refractivity contribution is -0.121. The van der Waals surface area contributed by atoms with E-state index in [-0.39, 0.29) is 17.9 Å². The molecule has 9 heteroatoms. The molecule has 1 atom stereocenters. The van der Waals surface area contributed by atoms with Crippen LogP contribution < -0.4 is 15.0 Å². The van der Waals surface area contributed by atoms with E-state index in [1.165, 1.54) is 30.5 Å². The van der Waals surface area contributed by atoms with Crippen molar-refractivity contribution < 1.29 is 27.5 Å². The number of nitrogens with one attached hydrogen (secondary N) is 1. The molecule has 1 N–H and O–H groups in total. The molecule has 1 aliphatic heterocycles. The number of amides is 2. The van der Waals surface area contributed by atoms with Crippen LogP contribution in [0.2, 0.25) is 0 Å². The molecule has 2 aromatic rings. The number of anilines is 1. The molecule has 0 bridgehead atoms. The number of carbonyl (C=O) groups excluding carboxylic acids is 2. The molecule has 2 amide bonds. The fourth-order valence-electron chi connectivity index (χ4n) is 2.50. The average molecular weight is 371 g/mol. The lowest BCUT2D eigenvalue weighted by Gasteiger charge is -2.16. The number of alkyl halides is 3. The van der Waals surface area contributed by atoms with Gasteiger partial charge in [0.1, 0.15) is 11.5 Å². The Labute approximate surface area is 146 Å². The zero-order chi connectivity index (χ0) is 18.0. The summed E-state index contributed by atoms with van der Waals surface area (Å²) in [5, 5.41) is 2.96. The van der Waals surface area contributed by atoms with Gasteiger partial charge in [0.05, 0.1) is 31.0 Å². The van der Waals surface area contributed by atoms with Crippen molar-refractivity contribution in [2.45, 2.75) is 24.6 Å². The highest BCUT2D eigenvalue weighted by Crippen LogP contribution is 2.29. The third kappa shape index (κ3) is 4.15. The van der Waals surface area contributed by atoms with Crippen molar-refractivity contribution >= 4 is 29.1 Å². The molecule has 0 radical (unpaired) electrons. The van der Waals surface area contributed by atoms with Gasteiger partial charge in [-0.05, 0) is 36.4 Å². The molecule has 1 fully saturated rings. The molecule has 3 rings (SSSR count). The van der Waals surface area contributed by atoms with Gasteiger partial charge in [-0.25, -0.2) is 4.90 Å². The first-order chi connectivity index (χ1) is 11.8. The van der Waals surface area contributed by atoms with Gasteiger partial charge in [0, 0.05) is 11.6 Å². The number of carbonyl (C=O) groups is 2. The van der Waals surface area contributed by atoms with Crippen LogP contribution in [0.1, 0.15) is 12.2 Å². The third-order valence-electron chi connectivity index (χ3n) is 3.58. The predicted octanol–water partition coefficient (Wildman–Crippen LogP) is 2.87. The standard InChI is InChI=1S/C16H13ClF2N2O4/c17-16(18,19)25-11-5-3-10(4-6-11)21-14(22)8-13(15(21)23)20-9-12-2-1-7-24-12/h1-7,13,20H,8-9H2/t13-/m0/s1. The zero-order valence-corrected chi connectivity index (χ0v) is 13.5. The fourth-order valence-corrected chi connectivity index (χ4v) is 2.59. The van der Waals surface area contributed by atoms with E-state index in [2.05, 4.69) is 21.7 Å². The summed E-state index contributed by atoms with van der Waals surface area (Å²) in [5.41, 5.74) is -3.57. The molecule has 6 nitrogen and oxygen atoms in total. The van der Waals surface area contributed by atoms with Gasteiger partial charge in [-0.2, -0.15) is 0 Å².